The lowest BCUT2D eigenvalue weighted by atomic mass is 9.95. The summed E-state index contributed by atoms with van der Waals surface area (Å²) >= 11 is 0. The molecule has 5 rings (SSSR count). The Labute approximate surface area is 195 Å². The van der Waals surface area contributed by atoms with E-state index < -0.39 is 0 Å². The van der Waals surface area contributed by atoms with Gasteiger partial charge in [0.1, 0.15) is 12.1 Å². The molecule has 1 heterocycles. The van der Waals surface area contributed by atoms with E-state index in [0.717, 1.165) is 22.3 Å². The fourth-order valence-corrected chi connectivity index (χ4v) is 4.10. The highest BCUT2D eigenvalue weighted by atomic mass is 14.9. The normalized spacial score (nSPS) is 12.4. The number of allylic oxidation sites excluding steroid dienone is 1. The Morgan fingerprint density at radius 1 is 0.676 bits per heavy atom. The molecule has 0 spiro atoms. The fourth-order valence-electron chi connectivity index (χ4n) is 4.10. The predicted molar refractivity (Wildman–Crippen MR) is 126 cm³/mol. The second-order valence-corrected chi connectivity index (χ2v) is 7.50. The molecule has 34 heavy (non-hydrogen) atoms. The molecular formula is C28H12N6. The van der Waals surface area contributed by atoms with Crippen LogP contribution in [0.5, 0.6) is 0 Å². The highest BCUT2D eigenvalue weighted by molar-refractivity contribution is 6.02. The van der Waals surface area contributed by atoms with E-state index in [2.05, 4.69) is 20.9 Å². The summed E-state index contributed by atoms with van der Waals surface area (Å²) < 4.78 is 0. The van der Waals surface area contributed by atoms with Crippen LogP contribution in [0.3, 0.4) is 0 Å². The van der Waals surface area contributed by atoms with E-state index in [1.807, 2.05) is 84.9 Å². The van der Waals surface area contributed by atoms with E-state index in [-0.39, 0.29) is 22.8 Å². The molecular weight excluding hydrogens is 420 g/mol. The standard InChI is InChI=1S/C28H12N6/c1-32-25(16-31)26-22-13-20(19-9-5-8-18(12-19)17-6-3-2-4-7-17)10-11-21(22)27-28(26)34-24(15-30)23(14-29)33-27/h2-13H/b26-25+. The molecule has 0 fully saturated rings. The third kappa shape index (κ3) is 3.17. The van der Waals surface area contributed by atoms with Gasteiger partial charge in [-0.1, -0.05) is 60.7 Å². The van der Waals surface area contributed by atoms with Crippen LogP contribution >= 0.6 is 0 Å². The molecule has 1 aliphatic rings. The van der Waals surface area contributed by atoms with Gasteiger partial charge in [0.05, 0.1) is 24.0 Å². The summed E-state index contributed by atoms with van der Waals surface area (Å²) in [4.78, 5) is 12.1. The molecule has 0 saturated heterocycles. The van der Waals surface area contributed by atoms with Gasteiger partial charge in [0.2, 0.25) is 0 Å². The van der Waals surface area contributed by atoms with E-state index in [9.17, 15) is 15.8 Å². The van der Waals surface area contributed by atoms with Gasteiger partial charge in [0, 0.05) is 11.1 Å². The Hall–Kier alpha value is -5.56. The molecule has 0 aliphatic heterocycles. The van der Waals surface area contributed by atoms with Gasteiger partial charge in [-0.05, 0) is 39.9 Å². The number of rotatable bonds is 2. The van der Waals surface area contributed by atoms with E-state index in [1.165, 1.54) is 0 Å². The van der Waals surface area contributed by atoms with Crippen molar-refractivity contribution < 1.29 is 0 Å². The van der Waals surface area contributed by atoms with E-state index in [0.29, 0.717) is 22.4 Å². The van der Waals surface area contributed by atoms with Crippen LogP contribution in [0.1, 0.15) is 22.6 Å². The zero-order chi connectivity index (χ0) is 23.7. The first-order valence-electron chi connectivity index (χ1n) is 10.2. The highest BCUT2D eigenvalue weighted by Crippen LogP contribution is 2.45. The van der Waals surface area contributed by atoms with Crippen LogP contribution in [-0.4, -0.2) is 9.97 Å². The number of benzene rings is 3. The zero-order valence-electron chi connectivity index (χ0n) is 17.6. The minimum atomic E-state index is -0.141. The predicted octanol–water partition coefficient (Wildman–Crippen LogP) is 5.74. The molecule has 0 saturated carbocycles. The van der Waals surface area contributed by atoms with Crippen molar-refractivity contribution in [2.75, 3.05) is 0 Å². The smallest absolute Gasteiger partial charge is 0.233 e. The van der Waals surface area contributed by atoms with Crippen LogP contribution in [0.25, 0.3) is 43.9 Å². The number of hydrogen-bond acceptors (Lipinski definition) is 5. The summed E-state index contributed by atoms with van der Waals surface area (Å²) in [5, 5.41) is 28.4. The molecule has 6 nitrogen and oxygen atoms in total. The second kappa shape index (κ2) is 8.18. The van der Waals surface area contributed by atoms with Gasteiger partial charge in [-0.15, -0.1) is 0 Å². The summed E-state index contributed by atoms with van der Waals surface area (Å²) in [6.07, 6.45) is 0. The first-order valence-corrected chi connectivity index (χ1v) is 10.2. The lowest BCUT2D eigenvalue weighted by Crippen LogP contribution is -2.00. The minimum absolute atomic E-state index is 0.0885. The van der Waals surface area contributed by atoms with Crippen LogP contribution in [0, 0.1) is 40.6 Å². The fraction of sp³-hybridized carbons (Fsp3) is 0. The monoisotopic (exact) mass is 432 g/mol. The Bertz CT molecular complexity index is 1670. The van der Waals surface area contributed by atoms with E-state index in [1.54, 1.807) is 0 Å². The van der Waals surface area contributed by atoms with Crippen LogP contribution in [0.4, 0.5) is 0 Å². The molecule has 3 aromatic carbocycles. The SMILES string of the molecule is [C-]#[N+]/C(C#N)=C1\c2cc(-c3cccc(-c4ccccc4)c3)ccc2-c2nc(C#N)c(C#N)nc21. The molecule has 0 unspecified atom stereocenters. The zero-order valence-corrected chi connectivity index (χ0v) is 17.6. The second-order valence-electron chi connectivity index (χ2n) is 7.50. The molecule has 0 radical (unpaired) electrons. The summed E-state index contributed by atoms with van der Waals surface area (Å²) in [5.74, 6) is 0. The van der Waals surface area contributed by atoms with Gasteiger partial charge in [-0.25, -0.2) is 20.1 Å². The maximum Gasteiger partial charge on any atom is 0.271 e. The topological polar surface area (TPSA) is 102 Å². The molecule has 154 valence electrons. The summed E-state index contributed by atoms with van der Waals surface area (Å²) in [5.41, 5.74) is 5.95. The van der Waals surface area contributed by atoms with Crippen LogP contribution in [-0.2, 0) is 0 Å². The number of nitriles is 3. The van der Waals surface area contributed by atoms with Crippen LogP contribution in [0.15, 0.2) is 78.5 Å². The first kappa shape index (κ1) is 20.3. The molecule has 0 amide bonds. The van der Waals surface area contributed by atoms with Gasteiger partial charge in [0.15, 0.2) is 11.4 Å². The maximum atomic E-state index is 9.63. The van der Waals surface area contributed by atoms with Gasteiger partial charge in [0.25, 0.3) is 5.70 Å². The molecule has 1 aliphatic carbocycles. The van der Waals surface area contributed by atoms with Crippen molar-refractivity contribution in [3.05, 3.63) is 113 Å². The largest absolute Gasteiger partial charge is 0.271 e. The molecule has 6 heteroatoms. The average molecular weight is 432 g/mol. The van der Waals surface area contributed by atoms with Crippen molar-refractivity contribution >= 4 is 5.57 Å². The van der Waals surface area contributed by atoms with Crippen molar-refractivity contribution in [1.82, 2.24) is 9.97 Å². The van der Waals surface area contributed by atoms with Gasteiger partial charge < -0.3 is 0 Å². The first-order chi connectivity index (χ1) is 16.7. The summed E-state index contributed by atoms with van der Waals surface area (Å²) in [6, 6.07) is 29.6. The lowest BCUT2D eigenvalue weighted by molar-refractivity contribution is 1.12. The van der Waals surface area contributed by atoms with E-state index >= 15 is 0 Å². The van der Waals surface area contributed by atoms with Crippen LogP contribution in [0.2, 0.25) is 0 Å². The summed E-state index contributed by atoms with van der Waals surface area (Å²) in [7, 11) is 0. The summed E-state index contributed by atoms with van der Waals surface area (Å²) in [6.45, 7) is 7.50. The lowest BCUT2D eigenvalue weighted by Gasteiger charge is -2.09. The number of fused-ring (bicyclic) bond motifs is 3. The third-order valence-electron chi connectivity index (χ3n) is 5.65. The highest BCUT2D eigenvalue weighted by Gasteiger charge is 2.31. The minimum Gasteiger partial charge on any atom is -0.233 e. The van der Waals surface area contributed by atoms with Crippen molar-refractivity contribution in [1.29, 1.82) is 15.8 Å². The van der Waals surface area contributed by atoms with Gasteiger partial charge in [-0.2, -0.15) is 10.5 Å². The van der Waals surface area contributed by atoms with Gasteiger partial charge in [-0.3, -0.25) is 0 Å². The van der Waals surface area contributed by atoms with Crippen molar-refractivity contribution in [3.63, 3.8) is 0 Å². The van der Waals surface area contributed by atoms with Gasteiger partial charge >= 0.3 is 0 Å². The maximum absolute atomic E-state index is 9.63. The Kier molecular flexibility index (Phi) is 4.89. The Balaban J connectivity index is 1.73. The van der Waals surface area contributed by atoms with Crippen molar-refractivity contribution in [2.24, 2.45) is 0 Å². The number of aromatic nitrogens is 2. The molecule has 0 bridgehead atoms. The molecule has 4 aromatic rings. The van der Waals surface area contributed by atoms with E-state index in [4.69, 9.17) is 6.57 Å². The Morgan fingerprint density at radius 2 is 1.29 bits per heavy atom. The molecule has 1 aromatic heterocycles. The van der Waals surface area contributed by atoms with Crippen molar-refractivity contribution in [2.45, 2.75) is 0 Å². The molecule has 0 N–H and O–H groups in total. The third-order valence-corrected chi connectivity index (χ3v) is 5.65. The average Bonchev–Trinajstić information content (AvgIpc) is 3.21. The molecule has 0 atom stereocenters. The number of nitrogens with zero attached hydrogens (tertiary/aromatic N) is 6. The quantitative estimate of drug-likeness (QED) is 0.262. The van der Waals surface area contributed by atoms with Crippen molar-refractivity contribution in [3.8, 4) is 51.7 Å². The van der Waals surface area contributed by atoms with Crippen LogP contribution < -0.4 is 0 Å². The Morgan fingerprint density at radius 3 is 1.94 bits per heavy atom. The number of hydrogen-bond donors (Lipinski definition) is 0.